The number of benzene rings is 1. The summed E-state index contributed by atoms with van der Waals surface area (Å²) in [5, 5.41) is 14.0. The van der Waals surface area contributed by atoms with Gasteiger partial charge in [-0.2, -0.15) is 15.4 Å². The third-order valence-electron chi connectivity index (χ3n) is 2.84. The summed E-state index contributed by atoms with van der Waals surface area (Å²) < 4.78 is 5.89. The molecule has 1 aliphatic heterocycles. The zero-order valence-electron chi connectivity index (χ0n) is 8.94. The molecule has 1 unspecified atom stereocenters. The van der Waals surface area contributed by atoms with Gasteiger partial charge < -0.3 is 10.1 Å². The Balaban J connectivity index is 1.77. The first-order valence-corrected chi connectivity index (χ1v) is 5.60. The molecule has 0 spiro atoms. The zero-order valence-corrected chi connectivity index (χ0v) is 8.94. The van der Waals surface area contributed by atoms with Gasteiger partial charge in [0.2, 0.25) is 0 Å². The molecule has 5 heteroatoms. The van der Waals surface area contributed by atoms with Crippen molar-refractivity contribution in [2.24, 2.45) is 0 Å². The van der Waals surface area contributed by atoms with Gasteiger partial charge in [-0.05, 0) is 31.5 Å². The van der Waals surface area contributed by atoms with Crippen LogP contribution in [0, 0.1) is 0 Å². The number of nitrogens with zero attached hydrogens (tertiary/aromatic N) is 2. The van der Waals surface area contributed by atoms with Gasteiger partial charge in [-0.15, -0.1) is 0 Å². The number of hydrogen-bond donors (Lipinski definition) is 2. The Bertz CT molecular complexity index is 476. The smallest absolute Gasteiger partial charge is 0.122 e. The van der Waals surface area contributed by atoms with E-state index in [1.54, 1.807) is 0 Å². The molecule has 5 nitrogen and oxygen atoms in total. The fourth-order valence-electron chi connectivity index (χ4n) is 2.01. The lowest BCUT2D eigenvalue weighted by Gasteiger charge is -2.23. The molecule has 1 aromatic carbocycles. The van der Waals surface area contributed by atoms with E-state index in [0.29, 0.717) is 0 Å². The van der Waals surface area contributed by atoms with Crippen LogP contribution in [0.5, 0.6) is 5.75 Å². The molecule has 1 fully saturated rings. The summed E-state index contributed by atoms with van der Waals surface area (Å²) in [6, 6.07) is 5.79. The average Bonchev–Trinajstić information content (AvgIpc) is 2.77. The van der Waals surface area contributed by atoms with Crippen molar-refractivity contribution in [1.29, 1.82) is 0 Å². The van der Waals surface area contributed by atoms with Crippen molar-refractivity contribution in [3.05, 3.63) is 18.2 Å². The predicted octanol–water partition coefficient (Wildman–Crippen LogP) is 1.09. The number of piperidine rings is 1. The first kappa shape index (κ1) is 9.59. The van der Waals surface area contributed by atoms with E-state index in [2.05, 4.69) is 20.7 Å². The highest BCUT2D eigenvalue weighted by Gasteiger charge is 2.14. The van der Waals surface area contributed by atoms with Gasteiger partial charge in [0.15, 0.2) is 0 Å². The normalized spacial score (nSPS) is 21.1. The van der Waals surface area contributed by atoms with E-state index in [-0.39, 0.29) is 6.10 Å². The Morgan fingerprint density at radius 2 is 2.19 bits per heavy atom. The Hall–Kier alpha value is -1.62. The van der Waals surface area contributed by atoms with Crippen LogP contribution in [0.25, 0.3) is 11.0 Å². The summed E-state index contributed by atoms with van der Waals surface area (Å²) in [6.07, 6.45) is 2.57. The van der Waals surface area contributed by atoms with Crippen LogP contribution in [0.4, 0.5) is 0 Å². The molecule has 2 aromatic rings. The zero-order chi connectivity index (χ0) is 10.8. The molecule has 1 aromatic heterocycles. The van der Waals surface area contributed by atoms with Gasteiger partial charge in [0.05, 0.1) is 0 Å². The minimum Gasteiger partial charge on any atom is -0.489 e. The second kappa shape index (κ2) is 4.09. The lowest BCUT2D eigenvalue weighted by molar-refractivity contribution is 0.167. The summed E-state index contributed by atoms with van der Waals surface area (Å²) in [7, 11) is 0. The molecule has 1 atom stereocenters. The van der Waals surface area contributed by atoms with Crippen molar-refractivity contribution in [2.45, 2.75) is 18.9 Å². The molecular formula is C11H14N4O. The monoisotopic (exact) mass is 218 g/mol. The molecule has 0 saturated carbocycles. The number of H-pyrrole nitrogens is 1. The molecule has 16 heavy (non-hydrogen) atoms. The molecule has 2 N–H and O–H groups in total. The number of hydrogen-bond acceptors (Lipinski definition) is 4. The highest BCUT2D eigenvalue weighted by atomic mass is 16.5. The van der Waals surface area contributed by atoms with Gasteiger partial charge >= 0.3 is 0 Å². The van der Waals surface area contributed by atoms with Crippen LogP contribution in [0.15, 0.2) is 18.2 Å². The van der Waals surface area contributed by atoms with Crippen molar-refractivity contribution >= 4 is 11.0 Å². The van der Waals surface area contributed by atoms with Crippen LogP contribution in [0.3, 0.4) is 0 Å². The van der Waals surface area contributed by atoms with Crippen LogP contribution in [-0.4, -0.2) is 34.6 Å². The number of rotatable bonds is 2. The third-order valence-corrected chi connectivity index (χ3v) is 2.84. The average molecular weight is 218 g/mol. The van der Waals surface area contributed by atoms with Gasteiger partial charge in [0, 0.05) is 12.6 Å². The topological polar surface area (TPSA) is 62.8 Å². The predicted molar refractivity (Wildman–Crippen MR) is 60.4 cm³/mol. The van der Waals surface area contributed by atoms with Crippen LogP contribution in [0.2, 0.25) is 0 Å². The second-order valence-electron chi connectivity index (χ2n) is 4.06. The quantitative estimate of drug-likeness (QED) is 0.792. The number of fused-ring (bicyclic) bond motifs is 1. The van der Waals surface area contributed by atoms with Gasteiger partial charge in [-0.1, -0.05) is 0 Å². The molecule has 0 amide bonds. The number of nitrogens with one attached hydrogen (secondary N) is 2. The first-order chi connectivity index (χ1) is 7.92. The molecule has 0 bridgehead atoms. The van der Waals surface area contributed by atoms with E-state index in [9.17, 15) is 0 Å². The summed E-state index contributed by atoms with van der Waals surface area (Å²) in [5.74, 6) is 0.870. The minimum absolute atomic E-state index is 0.276. The summed E-state index contributed by atoms with van der Waals surface area (Å²) in [6.45, 7) is 2.03. The molecule has 1 aliphatic rings. The maximum atomic E-state index is 5.89. The van der Waals surface area contributed by atoms with Gasteiger partial charge in [-0.25, -0.2) is 0 Å². The Morgan fingerprint density at radius 3 is 3.06 bits per heavy atom. The van der Waals surface area contributed by atoms with Crippen LogP contribution >= 0.6 is 0 Å². The maximum absolute atomic E-state index is 5.89. The van der Waals surface area contributed by atoms with Gasteiger partial charge in [-0.3, -0.25) is 0 Å². The molecule has 0 aliphatic carbocycles. The fourth-order valence-corrected chi connectivity index (χ4v) is 2.01. The van der Waals surface area contributed by atoms with Crippen molar-refractivity contribution < 1.29 is 4.74 Å². The molecule has 2 heterocycles. The summed E-state index contributed by atoms with van der Waals surface area (Å²) >= 11 is 0. The second-order valence-corrected chi connectivity index (χ2v) is 4.06. The van der Waals surface area contributed by atoms with Crippen LogP contribution in [-0.2, 0) is 0 Å². The van der Waals surface area contributed by atoms with Crippen molar-refractivity contribution in [2.75, 3.05) is 13.1 Å². The third kappa shape index (κ3) is 1.86. The van der Waals surface area contributed by atoms with Crippen LogP contribution < -0.4 is 10.1 Å². The van der Waals surface area contributed by atoms with Gasteiger partial charge in [0.25, 0.3) is 0 Å². The minimum atomic E-state index is 0.276. The SMILES string of the molecule is c1cc2n[nH]nc2cc1OC1CCCNC1. The van der Waals surface area contributed by atoms with Crippen molar-refractivity contribution in [3.63, 3.8) is 0 Å². The van der Waals surface area contributed by atoms with E-state index >= 15 is 0 Å². The summed E-state index contributed by atoms with van der Waals surface area (Å²) in [4.78, 5) is 0. The van der Waals surface area contributed by atoms with Crippen LogP contribution in [0.1, 0.15) is 12.8 Å². The van der Waals surface area contributed by atoms with Crippen molar-refractivity contribution in [1.82, 2.24) is 20.7 Å². The Morgan fingerprint density at radius 1 is 1.25 bits per heavy atom. The highest BCUT2D eigenvalue weighted by Crippen LogP contribution is 2.19. The van der Waals surface area contributed by atoms with E-state index < -0.39 is 0 Å². The molecule has 1 saturated heterocycles. The highest BCUT2D eigenvalue weighted by molar-refractivity contribution is 5.75. The molecule has 0 radical (unpaired) electrons. The largest absolute Gasteiger partial charge is 0.489 e. The van der Waals surface area contributed by atoms with E-state index in [1.807, 2.05) is 18.2 Å². The summed E-state index contributed by atoms with van der Waals surface area (Å²) in [5.41, 5.74) is 1.72. The lowest BCUT2D eigenvalue weighted by Crippen LogP contribution is -2.37. The first-order valence-electron chi connectivity index (χ1n) is 5.60. The van der Waals surface area contributed by atoms with Crippen molar-refractivity contribution in [3.8, 4) is 5.75 Å². The molecular weight excluding hydrogens is 204 g/mol. The Kier molecular flexibility index (Phi) is 2.46. The molecule has 3 rings (SSSR count). The number of aromatic amines is 1. The Labute approximate surface area is 93.2 Å². The number of ether oxygens (including phenoxy) is 1. The lowest BCUT2D eigenvalue weighted by atomic mass is 10.1. The standard InChI is InChI=1S/C11H14N4O/c1-2-9(7-12-5-1)16-8-3-4-10-11(6-8)14-15-13-10/h3-4,6,9,12H,1-2,5,7H2,(H,13,14,15). The number of aromatic nitrogens is 3. The van der Waals surface area contributed by atoms with E-state index in [4.69, 9.17) is 4.74 Å². The van der Waals surface area contributed by atoms with E-state index in [1.165, 1.54) is 6.42 Å². The van der Waals surface area contributed by atoms with E-state index in [0.717, 1.165) is 36.3 Å². The molecule has 84 valence electrons. The maximum Gasteiger partial charge on any atom is 0.122 e. The van der Waals surface area contributed by atoms with Gasteiger partial charge in [0.1, 0.15) is 22.9 Å². The fraction of sp³-hybridized carbons (Fsp3) is 0.455.